The van der Waals surface area contributed by atoms with Crippen LogP contribution in [0, 0.1) is 6.92 Å². The molecule has 0 unspecified atom stereocenters. The van der Waals surface area contributed by atoms with Crippen LogP contribution in [0.4, 0.5) is 0 Å². The molecule has 1 aromatic heterocycles. The van der Waals surface area contributed by atoms with E-state index in [9.17, 15) is 0 Å². The largest absolute Gasteiger partial charge is 0.309 e. The van der Waals surface area contributed by atoms with E-state index in [1.54, 1.807) is 0 Å². The number of hydrogen-bond acceptors (Lipinski definition) is 4. The van der Waals surface area contributed by atoms with Gasteiger partial charge in [-0.15, -0.1) is 11.3 Å². The quantitative estimate of drug-likeness (QED) is 0.893. The van der Waals surface area contributed by atoms with E-state index in [2.05, 4.69) is 36.0 Å². The molecule has 4 heteroatoms. The fourth-order valence-electron chi connectivity index (χ4n) is 2.60. The Kier molecular flexibility index (Phi) is 4.17. The Hall–Kier alpha value is -0.450. The van der Waals surface area contributed by atoms with Crippen LogP contribution in [0.2, 0.25) is 0 Å². The van der Waals surface area contributed by atoms with Crippen molar-refractivity contribution in [3.63, 3.8) is 0 Å². The molecule has 1 aliphatic rings. The normalized spacial score (nSPS) is 20.6. The Morgan fingerprint density at radius 1 is 1.47 bits per heavy atom. The second kappa shape index (κ2) is 5.46. The Morgan fingerprint density at radius 3 is 2.82 bits per heavy atom. The maximum absolute atomic E-state index is 4.34. The first-order valence-corrected chi connectivity index (χ1v) is 7.38. The topological polar surface area (TPSA) is 28.2 Å². The van der Waals surface area contributed by atoms with Gasteiger partial charge in [0, 0.05) is 42.8 Å². The maximum atomic E-state index is 4.34. The smallest absolute Gasteiger partial charge is 0.0897 e. The minimum Gasteiger partial charge on any atom is -0.309 e. The Morgan fingerprint density at radius 2 is 2.24 bits per heavy atom. The molecule has 0 amide bonds. The van der Waals surface area contributed by atoms with E-state index in [0.717, 1.165) is 26.2 Å². The number of thiazole rings is 1. The van der Waals surface area contributed by atoms with Crippen molar-refractivity contribution in [3.8, 4) is 0 Å². The molecule has 1 saturated heterocycles. The van der Waals surface area contributed by atoms with Crippen molar-refractivity contribution in [2.24, 2.45) is 0 Å². The van der Waals surface area contributed by atoms with Gasteiger partial charge in [-0.3, -0.25) is 4.90 Å². The maximum Gasteiger partial charge on any atom is 0.0897 e. The lowest BCUT2D eigenvalue weighted by molar-refractivity contribution is 0.119. The van der Waals surface area contributed by atoms with Crippen molar-refractivity contribution in [1.29, 1.82) is 0 Å². The van der Waals surface area contributed by atoms with Crippen LogP contribution in [-0.2, 0) is 6.54 Å². The number of rotatable bonds is 4. The molecule has 0 aliphatic carbocycles. The summed E-state index contributed by atoms with van der Waals surface area (Å²) in [6.45, 7) is 11.1. The minimum absolute atomic E-state index is 0.331. The van der Waals surface area contributed by atoms with Crippen molar-refractivity contribution in [1.82, 2.24) is 15.2 Å². The summed E-state index contributed by atoms with van der Waals surface area (Å²) in [5.41, 5.74) is 0.331. The van der Waals surface area contributed by atoms with Crippen molar-refractivity contribution < 1.29 is 0 Å². The van der Waals surface area contributed by atoms with E-state index in [4.69, 9.17) is 0 Å². The van der Waals surface area contributed by atoms with Crippen LogP contribution < -0.4 is 5.32 Å². The van der Waals surface area contributed by atoms with Crippen LogP contribution in [-0.4, -0.2) is 35.1 Å². The van der Waals surface area contributed by atoms with Gasteiger partial charge in [0.2, 0.25) is 0 Å². The minimum atomic E-state index is 0.331. The van der Waals surface area contributed by atoms with Gasteiger partial charge in [-0.25, -0.2) is 4.98 Å². The molecular weight excluding hydrogens is 230 g/mol. The standard InChI is InChI=1S/C13H23N3S/c1-4-13(5-2)10-16(7-6-15-13)9-12-8-14-11(3)17-12/h8,15H,4-7,9-10H2,1-3H3. The van der Waals surface area contributed by atoms with E-state index in [-0.39, 0.29) is 0 Å². The predicted octanol–water partition coefficient (Wildman–Crippen LogP) is 2.42. The van der Waals surface area contributed by atoms with Crippen LogP contribution in [0.25, 0.3) is 0 Å². The highest BCUT2D eigenvalue weighted by atomic mass is 32.1. The van der Waals surface area contributed by atoms with Crippen molar-refractivity contribution in [2.75, 3.05) is 19.6 Å². The monoisotopic (exact) mass is 253 g/mol. The van der Waals surface area contributed by atoms with Gasteiger partial charge in [0.25, 0.3) is 0 Å². The molecule has 0 bridgehead atoms. The van der Waals surface area contributed by atoms with Crippen LogP contribution in [0.3, 0.4) is 0 Å². The van der Waals surface area contributed by atoms with Gasteiger partial charge >= 0.3 is 0 Å². The Bertz CT molecular complexity index is 357. The number of aromatic nitrogens is 1. The molecule has 17 heavy (non-hydrogen) atoms. The Labute approximate surface area is 108 Å². The van der Waals surface area contributed by atoms with Gasteiger partial charge in [0.05, 0.1) is 5.01 Å². The van der Waals surface area contributed by atoms with Gasteiger partial charge in [0.1, 0.15) is 0 Å². The fraction of sp³-hybridized carbons (Fsp3) is 0.769. The first-order chi connectivity index (χ1) is 8.17. The summed E-state index contributed by atoms with van der Waals surface area (Å²) in [7, 11) is 0. The van der Waals surface area contributed by atoms with Crippen molar-refractivity contribution in [3.05, 3.63) is 16.1 Å². The molecule has 0 radical (unpaired) electrons. The summed E-state index contributed by atoms with van der Waals surface area (Å²) < 4.78 is 0. The molecule has 0 saturated carbocycles. The molecule has 1 N–H and O–H groups in total. The summed E-state index contributed by atoms with van der Waals surface area (Å²) in [6, 6.07) is 0. The molecule has 0 atom stereocenters. The van der Waals surface area contributed by atoms with Gasteiger partial charge in [-0.1, -0.05) is 13.8 Å². The van der Waals surface area contributed by atoms with Crippen LogP contribution in [0.5, 0.6) is 0 Å². The number of nitrogens with zero attached hydrogens (tertiary/aromatic N) is 2. The second-order valence-electron chi connectivity index (χ2n) is 4.97. The average molecular weight is 253 g/mol. The molecule has 2 heterocycles. The highest BCUT2D eigenvalue weighted by Gasteiger charge is 2.31. The SMILES string of the molecule is CCC1(CC)CN(Cc2cnc(C)s2)CCN1. The van der Waals surface area contributed by atoms with E-state index < -0.39 is 0 Å². The molecule has 2 rings (SSSR count). The number of aryl methyl sites for hydroxylation is 1. The molecule has 1 aromatic rings. The van der Waals surface area contributed by atoms with Gasteiger partial charge < -0.3 is 5.32 Å². The molecular formula is C13H23N3S. The first-order valence-electron chi connectivity index (χ1n) is 6.56. The number of nitrogens with one attached hydrogen (secondary N) is 1. The fourth-order valence-corrected chi connectivity index (χ4v) is 3.44. The number of piperazine rings is 1. The zero-order valence-electron chi connectivity index (χ0n) is 11.1. The summed E-state index contributed by atoms with van der Waals surface area (Å²) >= 11 is 1.82. The van der Waals surface area contributed by atoms with Gasteiger partial charge in [0.15, 0.2) is 0 Å². The van der Waals surface area contributed by atoms with E-state index >= 15 is 0 Å². The highest BCUT2D eigenvalue weighted by Crippen LogP contribution is 2.22. The number of hydrogen-bond donors (Lipinski definition) is 1. The highest BCUT2D eigenvalue weighted by molar-refractivity contribution is 7.11. The molecule has 3 nitrogen and oxygen atoms in total. The molecule has 1 fully saturated rings. The molecule has 1 aliphatic heterocycles. The second-order valence-corrected chi connectivity index (χ2v) is 6.29. The van der Waals surface area contributed by atoms with Gasteiger partial charge in [-0.2, -0.15) is 0 Å². The van der Waals surface area contributed by atoms with E-state index in [1.807, 2.05) is 17.5 Å². The lowest BCUT2D eigenvalue weighted by atomic mass is 9.90. The van der Waals surface area contributed by atoms with E-state index in [0.29, 0.717) is 5.54 Å². The summed E-state index contributed by atoms with van der Waals surface area (Å²) in [4.78, 5) is 8.29. The molecule has 0 aromatic carbocycles. The zero-order chi connectivity index (χ0) is 12.3. The summed E-state index contributed by atoms with van der Waals surface area (Å²) in [5, 5.41) is 4.87. The summed E-state index contributed by atoms with van der Waals surface area (Å²) in [6.07, 6.45) is 4.45. The van der Waals surface area contributed by atoms with Crippen molar-refractivity contribution >= 4 is 11.3 Å². The Balaban J connectivity index is 1.98. The third-order valence-corrected chi connectivity index (χ3v) is 4.75. The van der Waals surface area contributed by atoms with Crippen LogP contribution >= 0.6 is 11.3 Å². The first kappa shape index (κ1) is 13.0. The molecule has 96 valence electrons. The third-order valence-electron chi connectivity index (χ3n) is 3.86. The third kappa shape index (κ3) is 3.06. The lowest BCUT2D eigenvalue weighted by Crippen LogP contribution is -2.59. The molecule has 0 spiro atoms. The van der Waals surface area contributed by atoms with E-state index in [1.165, 1.54) is 22.7 Å². The van der Waals surface area contributed by atoms with Gasteiger partial charge in [-0.05, 0) is 19.8 Å². The summed E-state index contributed by atoms with van der Waals surface area (Å²) in [5.74, 6) is 0. The predicted molar refractivity (Wildman–Crippen MR) is 73.4 cm³/mol. The lowest BCUT2D eigenvalue weighted by Gasteiger charge is -2.43. The van der Waals surface area contributed by atoms with Crippen LogP contribution in [0.15, 0.2) is 6.20 Å². The average Bonchev–Trinajstić information content (AvgIpc) is 2.75. The zero-order valence-corrected chi connectivity index (χ0v) is 11.9. The van der Waals surface area contributed by atoms with Crippen molar-refractivity contribution in [2.45, 2.75) is 45.7 Å². The van der Waals surface area contributed by atoms with Crippen LogP contribution in [0.1, 0.15) is 36.6 Å².